The zero-order valence-electron chi connectivity index (χ0n) is 12.5. The lowest BCUT2D eigenvalue weighted by Gasteiger charge is -2.28. The van der Waals surface area contributed by atoms with Crippen LogP contribution in [0.1, 0.15) is 37.2 Å². The van der Waals surface area contributed by atoms with Crippen molar-refractivity contribution in [2.45, 2.75) is 45.8 Å². The van der Waals surface area contributed by atoms with Crippen LogP contribution in [0.5, 0.6) is 0 Å². The summed E-state index contributed by atoms with van der Waals surface area (Å²) >= 11 is 6.31. The van der Waals surface area contributed by atoms with E-state index < -0.39 is 5.60 Å². The molecule has 2 rings (SSSR count). The van der Waals surface area contributed by atoms with Gasteiger partial charge in [0.2, 0.25) is 0 Å². The van der Waals surface area contributed by atoms with Crippen molar-refractivity contribution in [3.63, 3.8) is 0 Å². The second-order valence-electron chi connectivity index (χ2n) is 5.23. The van der Waals surface area contributed by atoms with E-state index in [0.29, 0.717) is 30.0 Å². The van der Waals surface area contributed by atoms with Gasteiger partial charge < -0.3 is 5.11 Å². The molecule has 114 valence electrons. The summed E-state index contributed by atoms with van der Waals surface area (Å²) in [5.41, 5.74) is 0.921. The Morgan fingerprint density at radius 1 is 1.38 bits per heavy atom. The van der Waals surface area contributed by atoms with Gasteiger partial charge in [0.15, 0.2) is 0 Å². The van der Waals surface area contributed by atoms with E-state index in [-0.39, 0.29) is 5.82 Å². The van der Waals surface area contributed by atoms with Crippen LogP contribution < -0.4 is 0 Å². The summed E-state index contributed by atoms with van der Waals surface area (Å²) in [7, 11) is 0. The summed E-state index contributed by atoms with van der Waals surface area (Å²) in [6.45, 7) is 6.36. The molecule has 0 radical (unpaired) electrons. The average Bonchev–Trinajstić information content (AvgIpc) is 2.74. The van der Waals surface area contributed by atoms with Gasteiger partial charge in [-0.25, -0.2) is 4.39 Å². The maximum Gasteiger partial charge on any atom is 0.123 e. The summed E-state index contributed by atoms with van der Waals surface area (Å²) in [6, 6.07) is 6.08. The van der Waals surface area contributed by atoms with E-state index in [1.165, 1.54) is 12.1 Å². The molecule has 1 N–H and O–H groups in total. The number of aliphatic hydroxyl groups is 1. The molecule has 0 bridgehead atoms. The third-order valence-electron chi connectivity index (χ3n) is 3.86. The first-order chi connectivity index (χ1) is 9.91. The highest BCUT2D eigenvalue weighted by Crippen LogP contribution is 2.33. The molecule has 0 aliphatic carbocycles. The lowest BCUT2D eigenvalue weighted by Crippen LogP contribution is -2.29. The molecular formula is C16H20ClFN2O. The summed E-state index contributed by atoms with van der Waals surface area (Å²) in [6.07, 6.45) is 0.765. The Balaban J connectivity index is 2.43. The number of nitrogens with zero attached hydrogens (tertiary/aromatic N) is 2. The summed E-state index contributed by atoms with van der Waals surface area (Å²) in [4.78, 5) is 0. The van der Waals surface area contributed by atoms with E-state index >= 15 is 0 Å². The van der Waals surface area contributed by atoms with Crippen LogP contribution in [0.2, 0.25) is 5.02 Å². The van der Waals surface area contributed by atoms with Gasteiger partial charge in [-0.05, 0) is 38.0 Å². The number of hydrogen-bond donors (Lipinski definition) is 1. The zero-order chi connectivity index (χ0) is 15.6. The Kier molecular flexibility index (Phi) is 4.69. The van der Waals surface area contributed by atoms with E-state index in [1.807, 2.05) is 20.8 Å². The maximum atomic E-state index is 13.4. The van der Waals surface area contributed by atoms with E-state index in [2.05, 4.69) is 5.10 Å². The fourth-order valence-electron chi connectivity index (χ4n) is 2.52. The van der Waals surface area contributed by atoms with Crippen LogP contribution in [0.15, 0.2) is 24.3 Å². The second kappa shape index (κ2) is 6.16. The SMILES string of the molecule is CCn1nc(C)c(Cl)c1CC(O)(CC)c1cccc(F)c1. The topological polar surface area (TPSA) is 38.0 Å². The molecule has 21 heavy (non-hydrogen) atoms. The number of aromatic nitrogens is 2. The minimum Gasteiger partial charge on any atom is -0.385 e. The molecule has 1 unspecified atom stereocenters. The smallest absolute Gasteiger partial charge is 0.123 e. The lowest BCUT2D eigenvalue weighted by atomic mass is 9.86. The molecule has 0 aliphatic rings. The van der Waals surface area contributed by atoms with Gasteiger partial charge in [0.1, 0.15) is 5.82 Å². The van der Waals surface area contributed by atoms with Crippen LogP contribution in [0.3, 0.4) is 0 Å². The number of aryl methyl sites for hydroxylation is 2. The van der Waals surface area contributed by atoms with Crippen LogP contribution in [0.25, 0.3) is 0 Å². The van der Waals surface area contributed by atoms with Gasteiger partial charge in [0.25, 0.3) is 0 Å². The Labute approximate surface area is 129 Å². The summed E-state index contributed by atoms with van der Waals surface area (Å²) in [5.74, 6) is -0.356. The average molecular weight is 311 g/mol. The van der Waals surface area contributed by atoms with Gasteiger partial charge in [-0.2, -0.15) is 5.10 Å². The molecule has 1 aromatic heterocycles. The normalized spacial score (nSPS) is 14.2. The largest absolute Gasteiger partial charge is 0.385 e. The van der Waals surface area contributed by atoms with Crippen molar-refractivity contribution in [3.8, 4) is 0 Å². The molecule has 5 heteroatoms. The van der Waals surface area contributed by atoms with Gasteiger partial charge in [-0.1, -0.05) is 30.7 Å². The third-order valence-corrected chi connectivity index (χ3v) is 4.35. The van der Waals surface area contributed by atoms with Crippen LogP contribution in [0.4, 0.5) is 4.39 Å². The Morgan fingerprint density at radius 2 is 2.10 bits per heavy atom. The highest BCUT2D eigenvalue weighted by molar-refractivity contribution is 6.31. The zero-order valence-corrected chi connectivity index (χ0v) is 13.3. The first-order valence-corrected chi connectivity index (χ1v) is 7.49. The molecule has 0 spiro atoms. The fraction of sp³-hybridized carbons (Fsp3) is 0.438. The number of halogens is 2. The van der Waals surface area contributed by atoms with E-state index in [1.54, 1.807) is 16.8 Å². The molecule has 3 nitrogen and oxygen atoms in total. The second-order valence-corrected chi connectivity index (χ2v) is 5.61. The van der Waals surface area contributed by atoms with Gasteiger partial charge in [0.05, 0.1) is 22.0 Å². The third kappa shape index (κ3) is 3.11. The van der Waals surface area contributed by atoms with E-state index in [0.717, 1.165) is 11.4 Å². The molecule has 1 atom stereocenters. The minimum absolute atomic E-state index is 0.306. The van der Waals surface area contributed by atoms with Crippen LogP contribution in [-0.2, 0) is 18.6 Å². The molecular weight excluding hydrogens is 291 g/mol. The highest BCUT2D eigenvalue weighted by Gasteiger charge is 2.31. The Hall–Kier alpha value is -1.39. The van der Waals surface area contributed by atoms with Crippen molar-refractivity contribution in [1.29, 1.82) is 0 Å². The van der Waals surface area contributed by atoms with Crippen molar-refractivity contribution in [2.24, 2.45) is 0 Å². The van der Waals surface area contributed by atoms with Crippen LogP contribution in [0, 0.1) is 12.7 Å². The molecule has 0 aliphatic heterocycles. The molecule has 0 saturated carbocycles. The first-order valence-electron chi connectivity index (χ1n) is 7.11. The maximum absolute atomic E-state index is 13.4. The van der Waals surface area contributed by atoms with Crippen molar-refractivity contribution in [2.75, 3.05) is 0 Å². The predicted octanol–water partition coefficient (Wildman–Crippen LogP) is 3.84. The quantitative estimate of drug-likeness (QED) is 0.911. The summed E-state index contributed by atoms with van der Waals surface area (Å²) < 4.78 is 15.2. The van der Waals surface area contributed by atoms with Crippen molar-refractivity contribution < 1.29 is 9.50 Å². The van der Waals surface area contributed by atoms with Crippen molar-refractivity contribution in [1.82, 2.24) is 9.78 Å². The van der Waals surface area contributed by atoms with Crippen LogP contribution >= 0.6 is 11.6 Å². The van der Waals surface area contributed by atoms with Crippen molar-refractivity contribution >= 4 is 11.6 Å². The monoisotopic (exact) mass is 310 g/mol. The molecule has 1 heterocycles. The van der Waals surface area contributed by atoms with E-state index in [4.69, 9.17) is 11.6 Å². The molecule has 0 saturated heterocycles. The Bertz CT molecular complexity index is 641. The van der Waals surface area contributed by atoms with Crippen LogP contribution in [-0.4, -0.2) is 14.9 Å². The number of rotatable bonds is 5. The molecule has 2 aromatic rings. The number of hydrogen-bond acceptors (Lipinski definition) is 2. The van der Waals surface area contributed by atoms with Crippen molar-refractivity contribution in [3.05, 3.63) is 52.1 Å². The van der Waals surface area contributed by atoms with E-state index in [9.17, 15) is 9.50 Å². The standard InChI is InChI=1S/C16H20ClFN2O/c1-4-16(21,12-7-6-8-13(18)9-12)10-14-15(17)11(3)19-20(14)5-2/h6-9,21H,4-5,10H2,1-3H3. The first kappa shape index (κ1) is 16.0. The summed E-state index contributed by atoms with van der Waals surface area (Å²) in [5, 5.41) is 15.9. The molecule has 0 amide bonds. The number of benzene rings is 1. The molecule has 0 fully saturated rings. The lowest BCUT2D eigenvalue weighted by molar-refractivity contribution is 0.0304. The Morgan fingerprint density at radius 3 is 2.67 bits per heavy atom. The molecule has 1 aromatic carbocycles. The van der Waals surface area contributed by atoms with Gasteiger partial charge >= 0.3 is 0 Å². The highest BCUT2D eigenvalue weighted by atomic mass is 35.5. The van der Waals surface area contributed by atoms with Gasteiger partial charge in [-0.15, -0.1) is 0 Å². The van der Waals surface area contributed by atoms with Gasteiger partial charge in [-0.3, -0.25) is 4.68 Å². The fourth-order valence-corrected chi connectivity index (χ4v) is 2.73. The van der Waals surface area contributed by atoms with Gasteiger partial charge in [0, 0.05) is 13.0 Å². The minimum atomic E-state index is -1.16. The predicted molar refractivity (Wildman–Crippen MR) is 81.9 cm³/mol.